The first-order valence-electron chi connectivity index (χ1n) is 11.2. The van der Waals surface area contributed by atoms with E-state index in [0.29, 0.717) is 11.3 Å². The van der Waals surface area contributed by atoms with Gasteiger partial charge in [0.2, 0.25) is 0 Å². The molecule has 154 valence electrons. The normalized spacial score (nSPS) is 32.8. The van der Waals surface area contributed by atoms with E-state index in [9.17, 15) is 4.79 Å². The second-order valence-corrected chi connectivity index (χ2v) is 10.1. The lowest BCUT2D eigenvalue weighted by atomic mass is 9.48. The monoisotopic (exact) mass is 384 g/mol. The van der Waals surface area contributed by atoms with Gasteiger partial charge in [-0.25, -0.2) is 4.79 Å². The molecular formula is C24H36N2O2. The number of hydrogen-bond acceptors (Lipinski definition) is 2. The Morgan fingerprint density at radius 1 is 0.964 bits per heavy atom. The van der Waals surface area contributed by atoms with Crippen LogP contribution in [0.25, 0.3) is 0 Å². The Morgan fingerprint density at radius 3 is 2.11 bits per heavy atom. The topological polar surface area (TPSA) is 50.4 Å². The predicted molar refractivity (Wildman–Crippen MR) is 112 cm³/mol. The van der Waals surface area contributed by atoms with Gasteiger partial charge in [0.15, 0.2) is 6.23 Å². The average Bonchev–Trinajstić information content (AvgIpc) is 2.60. The molecule has 1 aromatic carbocycles. The van der Waals surface area contributed by atoms with Gasteiger partial charge in [0.1, 0.15) is 5.75 Å². The van der Waals surface area contributed by atoms with Crippen molar-refractivity contribution in [3.63, 3.8) is 0 Å². The maximum atomic E-state index is 12.7. The van der Waals surface area contributed by atoms with E-state index >= 15 is 0 Å². The molecule has 0 spiro atoms. The highest BCUT2D eigenvalue weighted by molar-refractivity contribution is 5.74. The summed E-state index contributed by atoms with van der Waals surface area (Å²) in [6.45, 7) is 8.42. The van der Waals surface area contributed by atoms with Gasteiger partial charge in [0.05, 0.1) is 0 Å². The summed E-state index contributed by atoms with van der Waals surface area (Å²) in [7, 11) is 0. The van der Waals surface area contributed by atoms with Crippen LogP contribution in [0.3, 0.4) is 0 Å². The lowest BCUT2D eigenvalue weighted by Crippen LogP contribution is -2.57. The zero-order valence-corrected chi connectivity index (χ0v) is 17.8. The van der Waals surface area contributed by atoms with Crippen LogP contribution in [0.4, 0.5) is 4.79 Å². The molecule has 28 heavy (non-hydrogen) atoms. The number of benzene rings is 1. The van der Waals surface area contributed by atoms with Crippen molar-refractivity contribution in [1.82, 2.24) is 10.6 Å². The smallest absolute Gasteiger partial charge is 0.317 e. The molecule has 4 heteroatoms. The third kappa shape index (κ3) is 3.88. The molecule has 4 bridgehead atoms. The summed E-state index contributed by atoms with van der Waals surface area (Å²) < 4.78 is 6.04. The van der Waals surface area contributed by atoms with E-state index in [1.165, 1.54) is 44.1 Å². The Kier molecular flexibility index (Phi) is 5.32. The highest BCUT2D eigenvalue weighted by Crippen LogP contribution is 2.61. The number of nitrogens with one attached hydrogen (secondary N) is 2. The fourth-order valence-corrected chi connectivity index (χ4v) is 6.57. The van der Waals surface area contributed by atoms with E-state index in [0.717, 1.165) is 23.5 Å². The Bertz CT molecular complexity index is 679. The molecular weight excluding hydrogens is 348 g/mol. The van der Waals surface area contributed by atoms with Crippen molar-refractivity contribution in [2.75, 3.05) is 0 Å². The lowest BCUT2D eigenvalue weighted by molar-refractivity contribution is -0.0683. The zero-order valence-electron chi connectivity index (χ0n) is 17.8. The number of carbonyl (C=O) groups excluding carboxylic acids is 1. The third-order valence-electron chi connectivity index (χ3n) is 7.53. The summed E-state index contributed by atoms with van der Waals surface area (Å²) >= 11 is 0. The van der Waals surface area contributed by atoms with Crippen LogP contribution < -0.4 is 15.4 Å². The highest BCUT2D eigenvalue weighted by Gasteiger charge is 2.53. The van der Waals surface area contributed by atoms with Gasteiger partial charge in [0, 0.05) is 6.04 Å². The third-order valence-corrected chi connectivity index (χ3v) is 7.53. The summed E-state index contributed by atoms with van der Waals surface area (Å²) in [5, 5.41) is 6.25. The van der Waals surface area contributed by atoms with Gasteiger partial charge >= 0.3 is 6.03 Å². The van der Waals surface area contributed by atoms with Crippen molar-refractivity contribution >= 4 is 6.03 Å². The number of rotatable bonds is 6. The Morgan fingerprint density at radius 2 is 1.54 bits per heavy atom. The molecule has 2 amide bonds. The first-order chi connectivity index (χ1) is 13.3. The zero-order chi connectivity index (χ0) is 19.9. The van der Waals surface area contributed by atoms with Crippen molar-refractivity contribution in [3.8, 4) is 5.75 Å². The minimum Gasteiger partial charge on any atom is -0.471 e. The first-order valence-corrected chi connectivity index (χ1v) is 11.2. The van der Waals surface area contributed by atoms with E-state index in [4.69, 9.17) is 4.74 Å². The van der Waals surface area contributed by atoms with Crippen LogP contribution in [0.2, 0.25) is 0 Å². The Hall–Kier alpha value is -1.71. The summed E-state index contributed by atoms with van der Waals surface area (Å²) in [4.78, 5) is 12.7. The maximum Gasteiger partial charge on any atom is 0.317 e. The van der Waals surface area contributed by atoms with Crippen LogP contribution in [0.5, 0.6) is 5.75 Å². The quantitative estimate of drug-likeness (QED) is 0.642. The number of hydrogen-bond donors (Lipinski definition) is 2. The number of carbonyl (C=O) groups is 1. The van der Waals surface area contributed by atoms with E-state index in [1.807, 2.05) is 25.1 Å². The fourth-order valence-electron chi connectivity index (χ4n) is 6.57. The molecule has 0 heterocycles. The Balaban J connectivity index is 1.33. The molecule has 5 rings (SSSR count). The van der Waals surface area contributed by atoms with E-state index in [1.54, 1.807) is 0 Å². The summed E-state index contributed by atoms with van der Waals surface area (Å²) in [6.07, 6.45) is 7.81. The molecule has 4 nitrogen and oxygen atoms in total. The molecule has 4 aliphatic carbocycles. The number of ether oxygens (including phenoxy) is 1. The van der Waals surface area contributed by atoms with Crippen molar-refractivity contribution in [2.45, 2.75) is 84.4 Å². The van der Waals surface area contributed by atoms with Gasteiger partial charge in [-0.3, -0.25) is 0 Å². The average molecular weight is 385 g/mol. The standard InChI is InChI=1S/C24H36N2O2/c1-15(2)21-7-5-6-8-22(21)28-17(4)26-23(27)25-16(3)24-12-18-9-19(13-24)11-20(10-18)14-24/h5-8,15-20H,9-14H2,1-4H3,(H2,25,26,27). The molecule has 2 N–H and O–H groups in total. The predicted octanol–water partition coefficient (Wildman–Crippen LogP) is 5.44. The summed E-state index contributed by atoms with van der Waals surface area (Å²) in [5.74, 6) is 3.92. The van der Waals surface area contributed by atoms with Crippen LogP contribution in [0.1, 0.15) is 77.7 Å². The summed E-state index contributed by atoms with van der Waals surface area (Å²) in [6, 6.07) is 8.17. The van der Waals surface area contributed by atoms with Crippen molar-refractivity contribution < 1.29 is 9.53 Å². The van der Waals surface area contributed by atoms with Crippen molar-refractivity contribution in [3.05, 3.63) is 29.8 Å². The molecule has 0 aliphatic heterocycles. The minimum atomic E-state index is -0.372. The van der Waals surface area contributed by atoms with Crippen molar-refractivity contribution in [1.29, 1.82) is 0 Å². The van der Waals surface area contributed by atoms with Crippen molar-refractivity contribution in [2.24, 2.45) is 23.2 Å². The fraction of sp³-hybridized carbons (Fsp3) is 0.708. The highest BCUT2D eigenvalue weighted by atomic mass is 16.5. The van der Waals surface area contributed by atoms with E-state index in [-0.39, 0.29) is 18.3 Å². The molecule has 2 atom stereocenters. The van der Waals surface area contributed by atoms with Crippen LogP contribution in [0, 0.1) is 23.2 Å². The van der Waals surface area contributed by atoms with Gasteiger partial charge in [-0.05, 0) is 93.1 Å². The van der Waals surface area contributed by atoms with Crippen LogP contribution >= 0.6 is 0 Å². The SMILES string of the molecule is CC(NC(=O)NC(C)C12CC3CC(CC(C3)C1)C2)Oc1ccccc1C(C)C. The lowest BCUT2D eigenvalue weighted by Gasteiger charge is -2.59. The van der Waals surface area contributed by atoms with E-state index in [2.05, 4.69) is 37.5 Å². The van der Waals surface area contributed by atoms with Gasteiger partial charge in [-0.2, -0.15) is 0 Å². The van der Waals surface area contributed by atoms with Gasteiger partial charge in [0.25, 0.3) is 0 Å². The van der Waals surface area contributed by atoms with Crippen LogP contribution in [-0.2, 0) is 0 Å². The van der Waals surface area contributed by atoms with Crippen LogP contribution in [0.15, 0.2) is 24.3 Å². The number of amides is 2. The molecule has 4 fully saturated rings. The number of urea groups is 1. The maximum absolute atomic E-state index is 12.7. The van der Waals surface area contributed by atoms with E-state index < -0.39 is 0 Å². The van der Waals surface area contributed by atoms with Gasteiger partial charge in [-0.1, -0.05) is 32.0 Å². The molecule has 0 saturated heterocycles. The molecule has 4 saturated carbocycles. The molecule has 0 aromatic heterocycles. The molecule has 0 radical (unpaired) electrons. The first kappa shape index (κ1) is 19.6. The van der Waals surface area contributed by atoms with Gasteiger partial charge in [-0.15, -0.1) is 0 Å². The van der Waals surface area contributed by atoms with Gasteiger partial charge < -0.3 is 15.4 Å². The number of para-hydroxylation sites is 1. The Labute approximate surface area is 169 Å². The van der Waals surface area contributed by atoms with Crippen LogP contribution in [-0.4, -0.2) is 18.3 Å². The molecule has 1 aromatic rings. The second kappa shape index (κ2) is 7.61. The summed E-state index contributed by atoms with van der Waals surface area (Å²) in [5.41, 5.74) is 1.49. The largest absolute Gasteiger partial charge is 0.471 e. The molecule has 2 unspecified atom stereocenters. The minimum absolute atomic E-state index is 0.113. The molecule has 4 aliphatic rings. The second-order valence-electron chi connectivity index (χ2n) is 10.1.